The van der Waals surface area contributed by atoms with Crippen LogP contribution in [0.1, 0.15) is 16.8 Å². The summed E-state index contributed by atoms with van der Waals surface area (Å²) < 4.78 is 10.9. The molecule has 0 saturated carbocycles. The van der Waals surface area contributed by atoms with E-state index in [-0.39, 0.29) is 18.9 Å². The van der Waals surface area contributed by atoms with Crippen LogP contribution in [0.4, 0.5) is 0 Å². The second-order valence-electron chi connectivity index (χ2n) is 5.64. The van der Waals surface area contributed by atoms with Gasteiger partial charge in [-0.3, -0.25) is 14.6 Å². The van der Waals surface area contributed by atoms with Gasteiger partial charge in [0.2, 0.25) is 0 Å². The van der Waals surface area contributed by atoms with Gasteiger partial charge in [-0.05, 0) is 36.4 Å². The number of hydrogen-bond acceptors (Lipinski definition) is 5. The highest BCUT2D eigenvalue weighted by Crippen LogP contribution is 2.22. The summed E-state index contributed by atoms with van der Waals surface area (Å²) in [6.45, 7) is 1.02. The Hall–Kier alpha value is -2.93. The third-order valence-corrected chi connectivity index (χ3v) is 3.87. The monoisotopic (exact) mass is 342 g/mol. The summed E-state index contributed by atoms with van der Waals surface area (Å²) in [5, 5.41) is 9.00. The minimum Gasteiger partial charge on any atom is -0.481 e. The van der Waals surface area contributed by atoms with Gasteiger partial charge in [-0.15, -0.1) is 0 Å². The molecular weight excluding hydrogens is 324 g/mol. The first-order valence-corrected chi connectivity index (χ1v) is 7.92. The zero-order valence-electron chi connectivity index (χ0n) is 13.5. The van der Waals surface area contributed by atoms with Crippen LogP contribution in [0, 0.1) is 0 Å². The third kappa shape index (κ3) is 4.33. The summed E-state index contributed by atoms with van der Waals surface area (Å²) in [4.78, 5) is 29.2. The van der Waals surface area contributed by atoms with E-state index in [9.17, 15) is 9.59 Å². The molecule has 0 unspecified atom stereocenters. The molecule has 1 aliphatic rings. The molecule has 25 heavy (non-hydrogen) atoms. The van der Waals surface area contributed by atoms with Crippen LogP contribution >= 0.6 is 0 Å². The number of carbonyl (C=O) groups excluding carboxylic acids is 1. The van der Waals surface area contributed by atoms with Gasteiger partial charge in [0, 0.05) is 18.3 Å². The van der Waals surface area contributed by atoms with Crippen LogP contribution in [0.3, 0.4) is 0 Å². The number of carbonyl (C=O) groups is 2. The minimum absolute atomic E-state index is 0.131. The number of carboxylic acids is 1. The highest BCUT2D eigenvalue weighted by Gasteiger charge is 2.29. The van der Waals surface area contributed by atoms with Crippen molar-refractivity contribution in [3.63, 3.8) is 0 Å². The minimum atomic E-state index is -0.950. The van der Waals surface area contributed by atoms with Crippen molar-refractivity contribution < 1.29 is 24.2 Å². The molecule has 0 radical (unpaired) electrons. The molecule has 130 valence electrons. The van der Waals surface area contributed by atoms with Crippen LogP contribution in [0.2, 0.25) is 0 Å². The first kappa shape index (κ1) is 16.9. The lowest BCUT2D eigenvalue weighted by molar-refractivity contribution is -0.139. The van der Waals surface area contributed by atoms with Gasteiger partial charge in [-0.1, -0.05) is 0 Å². The summed E-state index contributed by atoms with van der Waals surface area (Å²) in [6.07, 6.45) is 3.13. The molecule has 0 aliphatic carbocycles. The molecule has 1 aromatic carbocycles. The lowest BCUT2D eigenvalue weighted by Crippen LogP contribution is -2.49. The molecular formula is C18H18N2O5. The van der Waals surface area contributed by atoms with Crippen molar-refractivity contribution in [1.29, 1.82) is 0 Å². The maximum Gasteiger partial charge on any atom is 0.305 e. The standard InChI is InChI=1S/C18H18N2O5/c21-17(22)10-14-12-24-9-8-20(14)18(23)13-3-5-15(6-4-13)25-16-2-1-7-19-11-16/h1-7,11,14H,8-10,12H2,(H,21,22)/t14-/m0/s1. The Morgan fingerprint density at radius 2 is 2.04 bits per heavy atom. The van der Waals surface area contributed by atoms with Crippen LogP contribution in [0.15, 0.2) is 48.8 Å². The van der Waals surface area contributed by atoms with Crippen LogP contribution in [0.5, 0.6) is 11.5 Å². The molecule has 1 aliphatic heterocycles. The van der Waals surface area contributed by atoms with E-state index in [2.05, 4.69) is 4.98 Å². The molecule has 1 saturated heterocycles. The summed E-state index contributed by atoms with van der Waals surface area (Å²) >= 11 is 0. The number of rotatable bonds is 5. The molecule has 2 heterocycles. The molecule has 7 heteroatoms. The number of pyridine rings is 1. The lowest BCUT2D eigenvalue weighted by Gasteiger charge is -2.34. The number of morpholine rings is 1. The second kappa shape index (κ2) is 7.76. The maximum atomic E-state index is 12.7. The maximum absolute atomic E-state index is 12.7. The van der Waals surface area contributed by atoms with Crippen molar-refractivity contribution in [2.75, 3.05) is 19.8 Å². The summed E-state index contributed by atoms with van der Waals surface area (Å²) in [5.74, 6) is 0.0425. The Morgan fingerprint density at radius 3 is 2.72 bits per heavy atom. The molecule has 1 atom stereocenters. The predicted molar refractivity (Wildman–Crippen MR) is 88.6 cm³/mol. The zero-order chi connectivity index (χ0) is 17.6. The SMILES string of the molecule is O=C(O)C[C@H]1COCCN1C(=O)c1ccc(Oc2cccnc2)cc1. The fraction of sp³-hybridized carbons (Fsp3) is 0.278. The first-order chi connectivity index (χ1) is 12.1. The van der Waals surface area contributed by atoms with Gasteiger partial charge in [0.25, 0.3) is 5.91 Å². The van der Waals surface area contributed by atoms with Gasteiger partial charge >= 0.3 is 5.97 Å². The second-order valence-corrected chi connectivity index (χ2v) is 5.64. The Labute approximate surface area is 144 Å². The van der Waals surface area contributed by atoms with E-state index in [4.69, 9.17) is 14.6 Å². The molecule has 1 aromatic heterocycles. The lowest BCUT2D eigenvalue weighted by atomic mass is 10.1. The fourth-order valence-corrected chi connectivity index (χ4v) is 2.67. The normalized spacial score (nSPS) is 17.1. The molecule has 0 bridgehead atoms. The third-order valence-electron chi connectivity index (χ3n) is 3.87. The van der Waals surface area contributed by atoms with E-state index in [0.717, 1.165) is 0 Å². The van der Waals surface area contributed by atoms with Gasteiger partial charge in [0.05, 0.1) is 31.9 Å². The number of amides is 1. The summed E-state index contributed by atoms with van der Waals surface area (Å²) in [5.41, 5.74) is 0.482. The molecule has 7 nitrogen and oxygen atoms in total. The Kier molecular flexibility index (Phi) is 5.25. The number of ether oxygens (including phenoxy) is 2. The van der Waals surface area contributed by atoms with Crippen LogP contribution < -0.4 is 4.74 Å². The van der Waals surface area contributed by atoms with Crippen molar-refractivity contribution >= 4 is 11.9 Å². The van der Waals surface area contributed by atoms with Crippen LogP contribution in [-0.2, 0) is 9.53 Å². The highest BCUT2D eigenvalue weighted by atomic mass is 16.5. The number of aromatic nitrogens is 1. The molecule has 1 N–H and O–H groups in total. The average Bonchev–Trinajstić information content (AvgIpc) is 2.63. The van der Waals surface area contributed by atoms with E-state index in [1.165, 1.54) is 0 Å². The zero-order valence-corrected chi connectivity index (χ0v) is 13.5. The Morgan fingerprint density at radius 1 is 1.24 bits per heavy atom. The Balaban J connectivity index is 1.70. The topological polar surface area (TPSA) is 89.0 Å². The van der Waals surface area contributed by atoms with E-state index in [1.54, 1.807) is 53.7 Å². The van der Waals surface area contributed by atoms with E-state index >= 15 is 0 Å². The summed E-state index contributed by atoms with van der Waals surface area (Å²) in [6, 6.07) is 9.84. The quantitative estimate of drug-likeness (QED) is 0.896. The molecule has 2 aromatic rings. The van der Waals surface area contributed by atoms with E-state index in [0.29, 0.717) is 30.2 Å². The van der Waals surface area contributed by atoms with E-state index in [1.807, 2.05) is 0 Å². The fourth-order valence-electron chi connectivity index (χ4n) is 2.67. The predicted octanol–water partition coefficient (Wildman–Crippen LogP) is 2.19. The van der Waals surface area contributed by atoms with Gasteiger partial charge in [-0.25, -0.2) is 0 Å². The van der Waals surface area contributed by atoms with Gasteiger partial charge in [0.1, 0.15) is 11.5 Å². The molecule has 3 rings (SSSR count). The van der Waals surface area contributed by atoms with Crippen molar-refractivity contribution in [2.45, 2.75) is 12.5 Å². The summed E-state index contributed by atoms with van der Waals surface area (Å²) in [7, 11) is 0. The largest absolute Gasteiger partial charge is 0.481 e. The van der Waals surface area contributed by atoms with Crippen molar-refractivity contribution in [2.24, 2.45) is 0 Å². The smallest absolute Gasteiger partial charge is 0.305 e. The van der Waals surface area contributed by atoms with Crippen LogP contribution in [-0.4, -0.2) is 52.7 Å². The number of aliphatic carboxylic acids is 1. The Bertz CT molecular complexity index is 733. The highest BCUT2D eigenvalue weighted by molar-refractivity contribution is 5.94. The average molecular weight is 342 g/mol. The van der Waals surface area contributed by atoms with Gasteiger partial charge in [0.15, 0.2) is 0 Å². The first-order valence-electron chi connectivity index (χ1n) is 7.92. The number of nitrogens with zero attached hydrogens (tertiary/aromatic N) is 2. The number of hydrogen-bond donors (Lipinski definition) is 1. The molecule has 1 amide bonds. The number of carboxylic acid groups (broad SMARTS) is 1. The van der Waals surface area contributed by atoms with E-state index < -0.39 is 12.0 Å². The van der Waals surface area contributed by atoms with Crippen molar-refractivity contribution in [3.8, 4) is 11.5 Å². The molecule has 0 spiro atoms. The van der Waals surface area contributed by atoms with Crippen LogP contribution in [0.25, 0.3) is 0 Å². The van der Waals surface area contributed by atoms with Gasteiger partial charge < -0.3 is 19.5 Å². The number of benzene rings is 1. The van der Waals surface area contributed by atoms with Crippen molar-refractivity contribution in [3.05, 3.63) is 54.4 Å². The van der Waals surface area contributed by atoms with Crippen molar-refractivity contribution in [1.82, 2.24) is 9.88 Å². The molecule has 1 fully saturated rings. The van der Waals surface area contributed by atoms with Gasteiger partial charge in [-0.2, -0.15) is 0 Å².